The summed E-state index contributed by atoms with van der Waals surface area (Å²) in [6.45, 7) is 1.79. The van der Waals surface area contributed by atoms with Gasteiger partial charge in [0.05, 0.1) is 7.11 Å². The number of nitrogens with one attached hydrogen (secondary N) is 2. The predicted molar refractivity (Wildman–Crippen MR) is 87.4 cm³/mol. The highest BCUT2D eigenvalue weighted by atomic mass is 19.4. The van der Waals surface area contributed by atoms with Gasteiger partial charge < -0.3 is 20.1 Å². The van der Waals surface area contributed by atoms with E-state index in [2.05, 4.69) is 20.4 Å². The lowest BCUT2D eigenvalue weighted by molar-refractivity contribution is -0.173. The molecule has 1 aromatic rings. The normalized spacial score (nSPS) is 12.2. The van der Waals surface area contributed by atoms with E-state index in [-0.39, 0.29) is 6.61 Å². The van der Waals surface area contributed by atoms with E-state index >= 15 is 0 Å². The molecule has 0 aliphatic heterocycles. The minimum atomic E-state index is -4.28. The Balaban J connectivity index is 2.31. The number of alkyl halides is 3. The Morgan fingerprint density at radius 2 is 2.00 bits per heavy atom. The molecule has 0 spiro atoms. The van der Waals surface area contributed by atoms with Crippen LogP contribution >= 0.6 is 0 Å². The molecule has 1 aromatic carbocycles. The Morgan fingerprint density at radius 1 is 1.25 bits per heavy atom. The molecule has 2 N–H and O–H groups in total. The van der Waals surface area contributed by atoms with Gasteiger partial charge in [-0.25, -0.2) is 0 Å². The van der Waals surface area contributed by atoms with Gasteiger partial charge in [0.15, 0.2) is 5.96 Å². The highest BCUT2D eigenvalue weighted by molar-refractivity contribution is 5.79. The second-order valence-corrected chi connectivity index (χ2v) is 5.19. The van der Waals surface area contributed by atoms with Crippen LogP contribution in [0.3, 0.4) is 0 Å². The summed E-state index contributed by atoms with van der Waals surface area (Å²) in [4.78, 5) is 4.07. The number of rotatable bonds is 8. The SMILES string of the molecule is CN=C(NCCCOCC(F)(F)F)NCc1ccc(C)cc1OC. The topological polar surface area (TPSA) is 54.9 Å². The molecule has 0 fully saturated rings. The molecule has 136 valence electrons. The van der Waals surface area contributed by atoms with Crippen LogP contribution in [-0.2, 0) is 11.3 Å². The maximum Gasteiger partial charge on any atom is 0.411 e. The molecule has 0 heterocycles. The number of aliphatic imine (C=N–C) groups is 1. The van der Waals surface area contributed by atoms with Crippen molar-refractivity contribution in [3.05, 3.63) is 29.3 Å². The van der Waals surface area contributed by atoms with E-state index in [1.807, 2.05) is 25.1 Å². The van der Waals surface area contributed by atoms with E-state index < -0.39 is 12.8 Å². The van der Waals surface area contributed by atoms with E-state index in [1.165, 1.54) is 0 Å². The van der Waals surface area contributed by atoms with Crippen molar-refractivity contribution in [3.8, 4) is 5.75 Å². The van der Waals surface area contributed by atoms with Gasteiger partial charge in [-0.3, -0.25) is 4.99 Å². The highest BCUT2D eigenvalue weighted by Gasteiger charge is 2.27. The Labute approximate surface area is 140 Å². The molecular weight excluding hydrogens is 323 g/mol. The van der Waals surface area contributed by atoms with Crippen LogP contribution in [0, 0.1) is 6.92 Å². The lowest BCUT2D eigenvalue weighted by atomic mass is 10.1. The molecule has 1 rings (SSSR count). The molecule has 5 nitrogen and oxygen atoms in total. The Bertz CT molecular complexity index is 534. The number of hydrogen-bond acceptors (Lipinski definition) is 3. The molecule has 0 aromatic heterocycles. The summed E-state index contributed by atoms with van der Waals surface area (Å²) in [5.41, 5.74) is 2.09. The fourth-order valence-corrected chi connectivity index (χ4v) is 1.97. The average Bonchev–Trinajstić information content (AvgIpc) is 2.53. The maximum atomic E-state index is 11.9. The second-order valence-electron chi connectivity index (χ2n) is 5.19. The summed E-state index contributed by atoms with van der Waals surface area (Å²) in [7, 11) is 3.24. The van der Waals surface area contributed by atoms with Crippen molar-refractivity contribution >= 4 is 5.96 Å². The van der Waals surface area contributed by atoms with E-state index in [9.17, 15) is 13.2 Å². The number of nitrogens with zero attached hydrogens (tertiary/aromatic N) is 1. The van der Waals surface area contributed by atoms with Crippen LogP contribution in [0.25, 0.3) is 0 Å². The zero-order chi connectivity index (χ0) is 18.0. The summed E-state index contributed by atoms with van der Waals surface area (Å²) < 4.78 is 45.6. The Hall–Kier alpha value is -1.96. The predicted octanol–water partition coefficient (Wildman–Crippen LogP) is 2.64. The minimum absolute atomic E-state index is 0.0370. The van der Waals surface area contributed by atoms with Gasteiger partial charge in [0.1, 0.15) is 12.4 Å². The first kappa shape index (κ1) is 20.1. The van der Waals surface area contributed by atoms with E-state index in [0.717, 1.165) is 16.9 Å². The summed E-state index contributed by atoms with van der Waals surface area (Å²) in [5, 5.41) is 6.16. The molecule has 0 radical (unpaired) electrons. The number of ether oxygens (including phenoxy) is 2. The standard InChI is InChI=1S/C16H24F3N3O2/c1-12-5-6-13(14(9-12)23-3)10-22-15(20-2)21-7-4-8-24-11-16(17,18)19/h5-6,9H,4,7-8,10-11H2,1-3H3,(H2,20,21,22). The average molecular weight is 347 g/mol. The van der Waals surface area contributed by atoms with Crippen LogP contribution in [0.5, 0.6) is 5.75 Å². The van der Waals surface area contributed by atoms with Crippen molar-refractivity contribution in [2.45, 2.75) is 26.1 Å². The van der Waals surface area contributed by atoms with Crippen LogP contribution in [0.4, 0.5) is 13.2 Å². The van der Waals surface area contributed by atoms with Crippen LogP contribution < -0.4 is 15.4 Å². The molecule has 0 bridgehead atoms. The fraction of sp³-hybridized carbons (Fsp3) is 0.562. The quantitative estimate of drug-likeness (QED) is 0.431. The van der Waals surface area contributed by atoms with Gasteiger partial charge in [-0.1, -0.05) is 12.1 Å². The molecule has 0 saturated heterocycles. The van der Waals surface area contributed by atoms with Crippen LogP contribution in [-0.4, -0.2) is 46.1 Å². The molecule has 24 heavy (non-hydrogen) atoms. The Morgan fingerprint density at radius 3 is 2.62 bits per heavy atom. The molecule has 0 atom stereocenters. The van der Waals surface area contributed by atoms with Gasteiger partial charge in [-0.2, -0.15) is 13.2 Å². The molecule has 0 amide bonds. The fourth-order valence-electron chi connectivity index (χ4n) is 1.97. The summed E-state index contributed by atoms with van der Waals surface area (Å²) >= 11 is 0. The number of aryl methyl sites for hydroxylation is 1. The van der Waals surface area contributed by atoms with Gasteiger partial charge >= 0.3 is 6.18 Å². The van der Waals surface area contributed by atoms with E-state index in [4.69, 9.17) is 4.74 Å². The smallest absolute Gasteiger partial charge is 0.411 e. The van der Waals surface area contributed by atoms with Gasteiger partial charge in [-0.05, 0) is 25.0 Å². The van der Waals surface area contributed by atoms with Crippen LogP contribution in [0.2, 0.25) is 0 Å². The molecule has 0 unspecified atom stereocenters. The third-order valence-corrected chi connectivity index (χ3v) is 3.14. The lowest BCUT2D eigenvalue weighted by Crippen LogP contribution is -2.37. The summed E-state index contributed by atoms with van der Waals surface area (Å²) in [5.74, 6) is 1.35. The first-order valence-corrected chi connectivity index (χ1v) is 7.58. The summed E-state index contributed by atoms with van der Waals surface area (Å²) in [6.07, 6.45) is -3.83. The molecule has 0 saturated carbocycles. The van der Waals surface area contributed by atoms with Crippen LogP contribution in [0.1, 0.15) is 17.5 Å². The maximum absolute atomic E-state index is 11.9. The zero-order valence-corrected chi connectivity index (χ0v) is 14.2. The highest BCUT2D eigenvalue weighted by Crippen LogP contribution is 2.19. The number of hydrogen-bond donors (Lipinski definition) is 2. The van der Waals surface area contributed by atoms with Crippen molar-refractivity contribution in [2.75, 3.05) is 33.9 Å². The van der Waals surface area contributed by atoms with Crippen molar-refractivity contribution in [1.82, 2.24) is 10.6 Å². The lowest BCUT2D eigenvalue weighted by Gasteiger charge is -2.14. The van der Waals surface area contributed by atoms with Gasteiger partial charge in [0.25, 0.3) is 0 Å². The Kier molecular flexibility index (Phi) is 8.39. The number of benzene rings is 1. The largest absolute Gasteiger partial charge is 0.496 e. The number of halogens is 3. The molecule has 0 aliphatic carbocycles. The van der Waals surface area contributed by atoms with Crippen molar-refractivity contribution < 1.29 is 22.6 Å². The van der Waals surface area contributed by atoms with Crippen molar-refractivity contribution in [1.29, 1.82) is 0 Å². The van der Waals surface area contributed by atoms with Crippen molar-refractivity contribution in [3.63, 3.8) is 0 Å². The van der Waals surface area contributed by atoms with Gasteiger partial charge in [-0.15, -0.1) is 0 Å². The van der Waals surface area contributed by atoms with Gasteiger partial charge in [0.2, 0.25) is 0 Å². The third kappa shape index (κ3) is 8.05. The van der Waals surface area contributed by atoms with E-state index in [1.54, 1.807) is 14.2 Å². The zero-order valence-electron chi connectivity index (χ0n) is 14.2. The number of methoxy groups -OCH3 is 1. The first-order valence-electron chi connectivity index (χ1n) is 7.58. The molecule has 8 heteroatoms. The number of guanidine groups is 1. The summed E-state index contributed by atoms with van der Waals surface area (Å²) in [6, 6.07) is 5.92. The van der Waals surface area contributed by atoms with Gasteiger partial charge in [0, 0.05) is 32.3 Å². The third-order valence-electron chi connectivity index (χ3n) is 3.14. The van der Waals surface area contributed by atoms with Crippen molar-refractivity contribution in [2.24, 2.45) is 4.99 Å². The first-order chi connectivity index (χ1) is 11.4. The monoisotopic (exact) mass is 347 g/mol. The molecule has 0 aliphatic rings. The minimum Gasteiger partial charge on any atom is -0.496 e. The molecular formula is C16H24F3N3O2. The van der Waals surface area contributed by atoms with Crippen LogP contribution in [0.15, 0.2) is 23.2 Å². The van der Waals surface area contributed by atoms with E-state index in [0.29, 0.717) is 25.5 Å². The second kappa shape index (κ2) is 10.0.